The molecule has 2 rings (SSSR count). The quantitative estimate of drug-likeness (QED) is 0.733. The van der Waals surface area contributed by atoms with Crippen molar-refractivity contribution < 1.29 is 9.47 Å². The molecule has 0 radical (unpaired) electrons. The highest BCUT2D eigenvalue weighted by molar-refractivity contribution is 9.10. The van der Waals surface area contributed by atoms with Gasteiger partial charge in [-0.05, 0) is 24.7 Å². The second-order valence-electron chi connectivity index (χ2n) is 5.12. The van der Waals surface area contributed by atoms with Gasteiger partial charge in [-0.3, -0.25) is 0 Å². The molecule has 1 aliphatic heterocycles. The maximum absolute atomic E-state index is 5.73. The summed E-state index contributed by atoms with van der Waals surface area (Å²) in [4.78, 5) is 2.26. The molecule has 20 heavy (non-hydrogen) atoms. The lowest BCUT2D eigenvalue weighted by molar-refractivity contribution is 0.161. The van der Waals surface area contributed by atoms with Gasteiger partial charge in [0, 0.05) is 49.7 Å². The largest absolute Gasteiger partial charge is 0.493 e. The fourth-order valence-electron chi connectivity index (χ4n) is 2.33. The smallest absolute Gasteiger partial charge is 0.127 e. The van der Waals surface area contributed by atoms with Crippen molar-refractivity contribution in [2.75, 3.05) is 47.0 Å². The lowest BCUT2D eigenvalue weighted by atomic mass is 10.1. The van der Waals surface area contributed by atoms with Crippen LogP contribution in [0.1, 0.15) is 11.1 Å². The van der Waals surface area contributed by atoms with E-state index in [0.29, 0.717) is 0 Å². The maximum Gasteiger partial charge on any atom is 0.127 e. The Morgan fingerprint density at radius 3 is 3.05 bits per heavy atom. The number of rotatable bonds is 8. The molecule has 0 spiro atoms. The van der Waals surface area contributed by atoms with Crippen LogP contribution in [-0.4, -0.2) is 51.9 Å². The van der Waals surface area contributed by atoms with Crippen molar-refractivity contribution in [1.82, 2.24) is 10.2 Å². The van der Waals surface area contributed by atoms with Crippen molar-refractivity contribution in [3.63, 3.8) is 0 Å². The summed E-state index contributed by atoms with van der Waals surface area (Å²) in [5.74, 6) is 1.08. The highest BCUT2D eigenvalue weighted by Crippen LogP contribution is 2.32. The first-order valence-electron chi connectivity index (χ1n) is 7.03. The topological polar surface area (TPSA) is 33.7 Å². The molecular formula is C15H23BrN2O2. The van der Waals surface area contributed by atoms with Crippen LogP contribution in [0, 0.1) is 0 Å². The van der Waals surface area contributed by atoms with Gasteiger partial charge in [0.05, 0.1) is 13.2 Å². The summed E-state index contributed by atoms with van der Waals surface area (Å²) in [6.45, 7) is 5.37. The Hall–Kier alpha value is -0.620. The van der Waals surface area contributed by atoms with Crippen molar-refractivity contribution in [1.29, 1.82) is 0 Å². The van der Waals surface area contributed by atoms with Crippen molar-refractivity contribution in [3.8, 4) is 5.75 Å². The van der Waals surface area contributed by atoms with Crippen molar-refractivity contribution in [2.24, 2.45) is 0 Å². The van der Waals surface area contributed by atoms with Crippen LogP contribution < -0.4 is 10.1 Å². The van der Waals surface area contributed by atoms with Gasteiger partial charge in [-0.25, -0.2) is 0 Å². The lowest BCUT2D eigenvalue weighted by Crippen LogP contribution is -2.31. The molecule has 0 saturated carbocycles. The standard InChI is InChI=1S/C15H23BrN2O2/c1-18(6-8-19-2)5-4-17-11-13-10-14(16)9-12-3-7-20-15(12)13/h9-10,17H,3-8,11H2,1-2H3. The van der Waals surface area contributed by atoms with Crippen LogP contribution >= 0.6 is 15.9 Å². The summed E-state index contributed by atoms with van der Waals surface area (Å²) in [5.41, 5.74) is 2.56. The summed E-state index contributed by atoms with van der Waals surface area (Å²) in [7, 11) is 3.85. The van der Waals surface area contributed by atoms with Gasteiger partial charge < -0.3 is 19.7 Å². The Bertz CT molecular complexity index is 440. The Morgan fingerprint density at radius 2 is 2.25 bits per heavy atom. The Kier molecular flexibility index (Phi) is 6.29. The number of fused-ring (bicyclic) bond motifs is 1. The molecule has 0 saturated heterocycles. The van der Waals surface area contributed by atoms with Gasteiger partial charge in [0.15, 0.2) is 0 Å². The maximum atomic E-state index is 5.73. The number of ether oxygens (including phenoxy) is 2. The molecule has 5 heteroatoms. The monoisotopic (exact) mass is 342 g/mol. The molecule has 4 nitrogen and oxygen atoms in total. The fraction of sp³-hybridized carbons (Fsp3) is 0.600. The van der Waals surface area contributed by atoms with Crippen LogP contribution in [0.2, 0.25) is 0 Å². The molecule has 1 aromatic rings. The van der Waals surface area contributed by atoms with E-state index < -0.39 is 0 Å². The summed E-state index contributed by atoms with van der Waals surface area (Å²) >= 11 is 3.57. The molecule has 0 aliphatic carbocycles. The first-order valence-corrected chi connectivity index (χ1v) is 7.82. The molecule has 0 fully saturated rings. The van der Waals surface area contributed by atoms with Crippen molar-refractivity contribution in [2.45, 2.75) is 13.0 Å². The fourth-order valence-corrected chi connectivity index (χ4v) is 2.88. The highest BCUT2D eigenvalue weighted by atomic mass is 79.9. The van der Waals surface area contributed by atoms with Gasteiger partial charge in [0.1, 0.15) is 5.75 Å². The second-order valence-corrected chi connectivity index (χ2v) is 6.04. The van der Waals surface area contributed by atoms with E-state index in [1.807, 2.05) is 0 Å². The molecule has 1 aliphatic rings. The average molecular weight is 343 g/mol. The van der Waals surface area contributed by atoms with Crippen molar-refractivity contribution >= 4 is 15.9 Å². The molecule has 1 aromatic carbocycles. The zero-order valence-corrected chi connectivity index (χ0v) is 13.8. The minimum absolute atomic E-state index is 0.781. The summed E-state index contributed by atoms with van der Waals surface area (Å²) in [5, 5.41) is 3.48. The molecule has 0 unspecified atom stereocenters. The third-order valence-corrected chi connectivity index (χ3v) is 3.95. The number of nitrogens with zero attached hydrogens (tertiary/aromatic N) is 1. The van der Waals surface area contributed by atoms with Crippen molar-refractivity contribution in [3.05, 3.63) is 27.7 Å². The molecule has 112 valence electrons. The number of likely N-dealkylation sites (N-methyl/N-ethyl adjacent to an activating group) is 1. The number of methoxy groups -OCH3 is 1. The summed E-state index contributed by atoms with van der Waals surface area (Å²) in [6.07, 6.45) is 1.02. The molecule has 0 aromatic heterocycles. The summed E-state index contributed by atoms with van der Waals surface area (Å²) in [6, 6.07) is 4.30. The molecule has 1 N–H and O–H groups in total. The molecular weight excluding hydrogens is 320 g/mol. The predicted octanol–water partition coefficient (Wildman–Crippen LogP) is 2.05. The summed E-state index contributed by atoms with van der Waals surface area (Å²) < 4.78 is 11.9. The van der Waals surface area contributed by atoms with E-state index in [-0.39, 0.29) is 0 Å². The minimum atomic E-state index is 0.781. The van der Waals surface area contributed by atoms with Crippen LogP contribution in [-0.2, 0) is 17.7 Å². The van der Waals surface area contributed by atoms with E-state index in [4.69, 9.17) is 9.47 Å². The molecule has 1 heterocycles. The normalized spacial score (nSPS) is 13.6. The molecule has 0 amide bonds. The highest BCUT2D eigenvalue weighted by Gasteiger charge is 2.16. The number of halogens is 1. The van der Waals surface area contributed by atoms with Gasteiger partial charge in [0.25, 0.3) is 0 Å². The third kappa shape index (κ3) is 4.45. The SMILES string of the molecule is COCCN(C)CCNCc1cc(Br)cc2c1OCC2. The number of hydrogen-bond donors (Lipinski definition) is 1. The van der Waals surface area contributed by atoms with Crippen LogP contribution in [0.3, 0.4) is 0 Å². The zero-order chi connectivity index (χ0) is 14.4. The lowest BCUT2D eigenvalue weighted by Gasteiger charge is -2.16. The van der Waals surface area contributed by atoms with Crippen LogP contribution in [0.15, 0.2) is 16.6 Å². The number of benzene rings is 1. The van der Waals surface area contributed by atoms with E-state index in [1.54, 1.807) is 7.11 Å². The minimum Gasteiger partial charge on any atom is -0.493 e. The van der Waals surface area contributed by atoms with Crippen LogP contribution in [0.5, 0.6) is 5.75 Å². The zero-order valence-electron chi connectivity index (χ0n) is 12.2. The predicted molar refractivity (Wildman–Crippen MR) is 84.4 cm³/mol. The Balaban J connectivity index is 1.77. The second kappa shape index (κ2) is 7.98. The van der Waals surface area contributed by atoms with E-state index in [2.05, 4.69) is 45.3 Å². The number of nitrogens with one attached hydrogen (secondary N) is 1. The van der Waals surface area contributed by atoms with Gasteiger partial charge in [0.2, 0.25) is 0 Å². The Morgan fingerprint density at radius 1 is 1.40 bits per heavy atom. The van der Waals surface area contributed by atoms with Crippen LogP contribution in [0.4, 0.5) is 0 Å². The van der Waals surface area contributed by atoms with Gasteiger partial charge in [-0.2, -0.15) is 0 Å². The van der Waals surface area contributed by atoms with E-state index in [1.165, 1.54) is 11.1 Å². The first-order chi connectivity index (χ1) is 9.70. The van der Waals surface area contributed by atoms with Gasteiger partial charge >= 0.3 is 0 Å². The molecule has 0 atom stereocenters. The van der Waals surface area contributed by atoms with E-state index >= 15 is 0 Å². The van der Waals surface area contributed by atoms with Gasteiger partial charge in [-0.1, -0.05) is 15.9 Å². The Labute approximate surface area is 129 Å². The van der Waals surface area contributed by atoms with Crippen LogP contribution in [0.25, 0.3) is 0 Å². The molecule has 0 bridgehead atoms. The van der Waals surface area contributed by atoms with Gasteiger partial charge in [-0.15, -0.1) is 0 Å². The first kappa shape index (κ1) is 15.8. The number of hydrogen-bond acceptors (Lipinski definition) is 4. The third-order valence-electron chi connectivity index (χ3n) is 3.49. The average Bonchev–Trinajstić information content (AvgIpc) is 2.89. The van der Waals surface area contributed by atoms with E-state index in [0.717, 1.165) is 56.0 Å². The van der Waals surface area contributed by atoms with E-state index in [9.17, 15) is 0 Å².